The van der Waals surface area contributed by atoms with E-state index in [4.69, 9.17) is 10.7 Å². The minimum atomic E-state index is -4.04. The van der Waals surface area contributed by atoms with E-state index in [2.05, 4.69) is 19.8 Å². The van der Waals surface area contributed by atoms with Gasteiger partial charge in [-0.2, -0.15) is 0 Å². The van der Waals surface area contributed by atoms with Crippen LogP contribution in [0.5, 0.6) is 0 Å². The normalized spacial score (nSPS) is 11.7. The van der Waals surface area contributed by atoms with Crippen LogP contribution in [-0.2, 0) is 9.05 Å². The van der Waals surface area contributed by atoms with Crippen LogP contribution in [0.1, 0.15) is 5.69 Å². The Hall–Kier alpha value is -1.84. The molecule has 3 aromatic rings. The number of aromatic nitrogens is 5. The van der Waals surface area contributed by atoms with Gasteiger partial charge in [-0.3, -0.25) is 4.57 Å². The third-order valence-electron chi connectivity index (χ3n) is 2.72. The first-order chi connectivity index (χ1) is 9.98. The molecule has 0 aliphatic heterocycles. The van der Waals surface area contributed by atoms with Crippen molar-refractivity contribution in [2.24, 2.45) is 0 Å². The Morgan fingerprint density at radius 3 is 2.43 bits per heavy atom. The molecule has 7 nitrogen and oxygen atoms in total. The lowest BCUT2D eigenvalue weighted by atomic mass is 10.3. The third kappa shape index (κ3) is 2.55. The number of halogens is 1. The summed E-state index contributed by atoms with van der Waals surface area (Å²) in [5.41, 5.74) is 1.23. The Balaban J connectivity index is 2.33. The number of rotatable bonds is 3. The highest BCUT2D eigenvalue weighted by atomic mass is 35.7. The molecule has 0 saturated carbocycles. The first-order valence-electron chi connectivity index (χ1n) is 5.73. The van der Waals surface area contributed by atoms with E-state index in [1.54, 1.807) is 31.2 Å². The van der Waals surface area contributed by atoms with Crippen LogP contribution in [-0.4, -0.2) is 32.8 Å². The van der Waals surface area contributed by atoms with E-state index in [1.165, 1.54) is 4.57 Å². The topological polar surface area (TPSA) is 90.6 Å². The number of benzene rings is 1. The SMILES string of the molecule is Cc1nnsc1-c1nnc(S(=O)(=O)Cl)n1-c1ccccc1. The summed E-state index contributed by atoms with van der Waals surface area (Å²) in [7, 11) is 1.41. The predicted octanol–water partition coefficient (Wildman–Crippen LogP) is 2.02. The maximum absolute atomic E-state index is 11.7. The molecule has 108 valence electrons. The van der Waals surface area contributed by atoms with Gasteiger partial charge < -0.3 is 0 Å². The fourth-order valence-corrected chi connectivity index (χ4v) is 3.30. The van der Waals surface area contributed by atoms with Crippen LogP contribution in [0, 0.1) is 6.92 Å². The maximum Gasteiger partial charge on any atom is 0.297 e. The van der Waals surface area contributed by atoms with Crippen molar-refractivity contribution >= 4 is 31.3 Å². The van der Waals surface area contributed by atoms with E-state index in [9.17, 15) is 8.42 Å². The summed E-state index contributed by atoms with van der Waals surface area (Å²) in [6, 6.07) is 8.86. The quantitative estimate of drug-likeness (QED) is 0.677. The minimum absolute atomic E-state index is 0.335. The molecule has 0 fully saturated rings. The molecule has 0 unspecified atom stereocenters. The smallest absolute Gasteiger partial charge is 0.264 e. The van der Waals surface area contributed by atoms with Crippen molar-refractivity contribution in [2.75, 3.05) is 0 Å². The van der Waals surface area contributed by atoms with Crippen LogP contribution in [0.15, 0.2) is 35.5 Å². The molecule has 10 heteroatoms. The van der Waals surface area contributed by atoms with Gasteiger partial charge in [0.1, 0.15) is 4.88 Å². The average molecular weight is 342 g/mol. The van der Waals surface area contributed by atoms with Crippen molar-refractivity contribution in [1.29, 1.82) is 0 Å². The van der Waals surface area contributed by atoms with Gasteiger partial charge in [-0.05, 0) is 30.6 Å². The number of hydrogen-bond acceptors (Lipinski definition) is 7. The molecular weight excluding hydrogens is 334 g/mol. The van der Waals surface area contributed by atoms with E-state index in [-0.39, 0.29) is 5.16 Å². The highest BCUT2D eigenvalue weighted by Gasteiger charge is 2.26. The zero-order valence-electron chi connectivity index (χ0n) is 10.6. The summed E-state index contributed by atoms with van der Waals surface area (Å²) >= 11 is 1.11. The number of hydrogen-bond donors (Lipinski definition) is 0. The highest BCUT2D eigenvalue weighted by molar-refractivity contribution is 8.13. The number of para-hydroxylation sites is 1. The summed E-state index contributed by atoms with van der Waals surface area (Å²) in [6.45, 7) is 1.76. The number of aryl methyl sites for hydroxylation is 1. The van der Waals surface area contributed by atoms with Gasteiger partial charge in [0.05, 0.1) is 5.69 Å². The van der Waals surface area contributed by atoms with Gasteiger partial charge in [-0.25, -0.2) is 8.42 Å². The zero-order valence-corrected chi connectivity index (χ0v) is 13.0. The molecular formula is C11H8ClN5O2S2. The molecule has 2 heterocycles. The molecule has 0 spiro atoms. The summed E-state index contributed by atoms with van der Waals surface area (Å²) in [5.74, 6) is 0.341. The van der Waals surface area contributed by atoms with Crippen LogP contribution in [0.25, 0.3) is 16.4 Å². The van der Waals surface area contributed by atoms with Crippen molar-refractivity contribution < 1.29 is 8.42 Å². The zero-order chi connectivity index (χ0) is 15.0. The van der Waals surface area contributed by atoms with Crippen LogP contribution >= 0.6 is 22.2 Å². The summed E-state index contributed by atoms with van der Waals surface area (Å²) < 4.78 is 28.6. The Kier molecular flexibility index (Phi) is 3.47. The Labute approximate surface area is 128 Å². The van der Waals surface area contributed by atoms with Crippen LogP contribution in [0.3, 0.4) is 0 Å². The molecule has 0 N–H and O–H groups in total. The first kappa shape index (κ1) is 14.1. The van der Waals surface area contributed by atoms with E-state index < -0.39 is 9.05 Å². The Morgan fingerprint density at radius 2 is 1.86 bits per heavy atom. The summed E-state index contributed by atoms with van der Waals surface area (Å²) in [5, 5.41) is 11.2. The molecule has 21 heavy (non-hydrogen) atoms. The molecule has 0 aliphatic rings. The minimum Gasteiger partial charge on any atom is -0.264 e. The second kappa shape index (κ2) is 5.17. The maximum atomic E-state index is 11.7. The Morgan fingerprint density at radius 1 is 1.14 bits per heavy atom. The largest absolute Gasteiger partial charge is 0.297 e. The summed E-state index contributed by atoms with van der Waals surface area (Å²) in [6.07, 6.45) is 0. The van der Waals surface area contributed by atoms with Crippen LogP contribution in [0.4, 0.5) is 0 Å². The molecule has 0 saturated heterocycles. The fraction of sp³-hybridized carbons (Fsp3) is 0.0909. The van der Waals surface area contributed by atoms with Gasteiger partial charge in [0, 0.05) is 16.4 Å². The lowest BCUT2D eigenvalue weighted by Gasteiger charge is -2.07. The van der Waals surface area contributed by atoms with Crippen molar-refractivity contribution in [3.05, 3.63) is 36.0 Å². The molecule has 0 atom stereocenters. The summed E-state index contributed by atoms with van der Waals surface area (Å²) in [4.78, 5) is 0.637. The highest BCUT2D eigenvalue weighted by Crippen LogP contribution is 2.29. The number of nitrogens with zero attached hydrogens (tertiary/aromatic N) is 5. The van der Waals surface area contributed by atoms with Gasteiger partial charge in [-0.15, -0.1) is 15.3 Å². The van der Waals surface area contributed by atoms with Gasteiger partial charge in [-0.1, -0.05) is 22.7 Å². The lowest BCUT2D eigenvalue weighted by molar-refractivity contribution is 0.597. The predicted molar refractivity (Wildman–Crippen MR) is 78.0 cm³/mol. The van der Waals surface area contributed by atoms with Crippen molar-refractivity contribution in [3.8, 4) is 16.4 Å². The molecule has 0 bridgehead atoms. The second-order valence-electron chi connectivity index (χ2n) is 4.10. The molecule has 1 aromatic carbocycles. The van der Waals surface area contributed by atoms with Crippen molar-refractivity contribution in [3.63, 3.8) is 0 Å². The van der Waals surface area contributed by atoms with Gasteiger partial charge in [0.25, 0.3) is 14.2 Å². The standard InChI is InChI=1S/C11H8ClN5O2S2/c1-7-9(20-16-13-7)10-14-15-11(21(12,18)19)17(10)8-5-3-2-4-6-8/h2-6H,1H3. The monoisotopic (exact) mass is 341 g/mol. The Bertz CT molecular complexity index is 888. The van der Waals surface area contributed by atoms with Crippen molar-refractivity contribution in [1.82, 2.24) is 24.4 Å². The van der Waals surface area contributed by atoms with E-state index in [0.717, 1.165) is 11.5 Å². The van der Waals surface area contributed by atoms with E-state index in [0.29, 0.717) is 22.1 Å². The van der Waals surface area contributed by atoms with Crippen LogP contribution in [0.2, 0.25) is 0 Å². The fourth-order valence-electron chi connectivity index (χ4n) is 1.82. The van der Waals surface area contributed by atoms with E-state index >= 15 is 0 Å². The van der Waals surface area contributed by atoms with E-state index in [1.807, 2.05) is 6.07 Å². The molecule has 2 aromatic heterocycles. The van der Waals surface area contributed by atoms with Crippen molar-refractivity contribution in [2.45, 2.75) is 12.1 Å². The molecule has 0 radical (unpaired) electrons. The van der Waals surface area contributed by atoms with Gasteiger partial charge in [0.2, 0.25) is 0 Å². The molecule has 0 amide bonds. The van der Waals surface area contributed by atoms with Gasteiger partial charge >= 0.3 is 0 Å². The first-order valence-corrected chi connectivity index (χ1v) is 8.81. The third-order valence-corrected chi connectivity index (χ3v) is 4.66. The average Bonchev–Trinajstić information content (AvgIpc) is 3.04. The molecule has 3 rings (SSSR count). The van der Waals surface area contributed by atoms with Crippen LogP contribution < -0.4 is 0 Å². The molecule has 0 aliphatic carbocycles. The van der Waals surface area contributed by atoms with Gasteiger partial charge in [0.15, 0.2) is 5.82 Å². The lowest BCUT2D eigenvalue weighted by Crippen LogP contribution is -2.05. The second-order valence-corrected chi connectivity index (χ2v) is 7.32.